The highest BCUT2D eigenvalue weighted by Crippen LogP contribution is 2.36. The zero-order valence-corrected chi connectivity index (χ0v) is 23.3. The highest BCUT2D eigenvalue weighted by molar-refractivity contribution is 8.18. The number of hydrogen-bond acceptors (Lipinski definition) is 7. The summed E-state index contributed by atoms with van der Waals surface area (Å²) >= 11 is 19.1. The van der Waals surface area contributed by atoms with E-state index in [1.807, 2.05) is 0 Å². The fraction of sp³-hybridized carbons (Fsp3) is 0.0800. The molecule has 8 nitrogen and oxygen atoms in total. The molecule has 38 heavy (non-hydrogen) atoms. The maximum Gasteiger partial charge on any atom is 0.339 e. The summed E-state index contributed by atoms with van der Waals surface area (Å²) in [5, 5.41) is 2.82. The zero-order valence-electron chi connectivity index (χ0n) is 19.4. The Morgan fingerprint density at radius 3 is 2.34 bits per heavy atom. The molecule has 196 valence electrons. The third-order valence-electron chi connectivity index (χ3n) is 5.13. The van der Waals surface area contributed by atoms with Crippen molar-refractivity contribution in [3.05, 3.63) is 91.8 Å². The largest absolute Gasteiger partial charge is 0.377 e. The molecule has 13 heteroatoms. The van der Waals surface area contributed by atoms with Gasteiger partial charge >= 0.3 is 10.1 Å². The fourth-order valence-corrected chi connectivity index (χ4v) is 5.88. The molecule has 0 aromatic heterocycles. The lowest BCUT2D eigenvalue weighted by Crippen LogP contribution is -2.27. The minimum Gasteiger partial charge on any atom is -0.377 e. The maximum absolute atomic E-state index is 12.9. The highest BCUT2D eigenvalue weighted by atomic mass is 35.5. The van der Waals surface area contributed by atoms with Gasteiger partial charge in [0.15, 0.2) is 5.75 Å². The second kappa shape index (κ2) is 11.4. The fourth-order valence-electron chi connectivity index (χ4n) is 3.36. The van der Waals surface area contributed by atoms with Gasteiger partial charge in [0.05, 0.1) is 16.5 Å². The Bertz CT molecular complexity index is 1590. The number of nitrogens with one attached hydrogen (secondary N) is 1. The van der Waals surface area contributed by atoms with Gasteiger partial charge in [-0.2, -0.15) is 8.42 Å². The molecule has 1 aliphatic rings. The van der Waals surface area contributed by atoms with Crippen molar-refractivity contribution in [3.63, 3.8) is 0 Å². The van der Waals surface area contributed by atoms with Crippen LogP contribution in [0.1, 0.15) is 18.1 Å². The van der Waals surface area contributed by atoms with Crippen LogP contribution < -0.4 is 9.50 Å². The van der Waals surface area contributed by atoms with Crippen LogP contribution in [-0.2, 0) is 26.3 Å². The number of amides is 3. The van der Waals surface area contributed by atoms with Crippen LogP contribution >= 0.6 is 46.6 Å². The minimum absolute atomic E-state index is 0.0187. The van der Waals surface area contributed by atoms with Crippen LogP contribution in [0, 0.1) is 0 Å². The Hall–Kier alpha value is -3.02. The summed E-state index contributed by atoms with van der Waals surface area (Å²) in [5.41, 5.74) is 1.45. The van der Waals surface area contributed by atoms with Crippen molar-refractivity contribution < 1.29 is 27.0 Å². The van der Waals surface area contributed by atoms with E-state index in [4.69, 9.17) is 39.0 Å². The van der Waals surface area contributed by atoms with Gasteiger partial charge in [-0.15, -0.1) is 0 Å². The molecular formula is C25H17Cl3N2O6S2. The average Bonchev–Trinajstić information content (AvgIpc) is 3.09. The molecule has 0 unspecified atom stereocenters. The quantitative estimate of drug-likeness (QED) is 0.236. The van der Waals surface area contributed by atoms with Crippen molar-refractivity contribution in [2.75, 3.05) is 5.32 Å². The van der Waals surface area contributed by atoms with Crippen LogP contribution in [0.2, 0.25) is 15.1 Å². The lowest BCUT2D eigenvalue weighted by Gasteiger charge is -2.13. The number of carbonyl (C=O) groups is 3. The molecule has 1 saturated heterocycles. The Kier molecular flexibility index (Phi) is 8.39. The Balaban J connectivity index is 1.49. The minimum atomic E-state index is -4.22. The molecule has 0 saturated carbocycles. The van der Waals surface area contributed by atoms with Crippen molar-refractivity contribution >= 4 is 85.5 Å². The number of halogens is 3. The second-order valence-electron chi connectivity index (χ2n) is 7.94. The van der Waals surface area contributed by atoms with Crippen LogP contribution in [-0.4, -0.2) is 30.4 Å². The van der Waals surface area contributed by atoms with Crippen molar-refractivity contribution in [3.8, 4) is 5.75 Å². The molecular weight excluding hydrogens is 595 g/mol. The standard InChI is InChI=1S/C25H17Cl3N2O6S2/c1-14(31)29-18-5-7-19(8-6-18)38(34,35)36-22-9-2-15(10-21(22)28)11-23-24(32)30(25(33)37-23)13-16-3-4-17(26)12-20(16)27/h2-12H,13H2,1H3,(H,29,31)/b23-11-. The van der Waals surface area contributed by atoms with E-state index in [1.165, 1.54) is 61.5 Å². The summed E-state index contributed by atoms with van der Waals surface area (Å²) in [6.07, 6.45) is 1.47. The molecule has 1 heterocycles. The van der Waals surface area contributed by atoms with E-state index in [2.05, 4.69) is 5.32 Å². The highest BCUT2D eigenvalue weighted by Gasteiger charge is 2.35. The second-order valence-corrected chi connectivity index (χ2v) is 11.7. The predicted molar refractivity (Wildman–Crippen MR) is 148 cm³/mol. The van der Waals surface area contributed by atoms with E-state index in [9.17, 15) is 22.8 Å². The first-order valence-corrected chi connectivity index (χ1v) is 14.1. The molecule has 3 amide bonds. The van der Waals surface area contributed by atoms with Crippen LogP contribution in [0.15, 0.2) is 70.5 Å². The molecule has 0 atom stereocenters. The molecule has 0 bridgehead atoms. The predicted octanol–water partition coefficient (Wildman–Crippen LogP) is 6.61. The van der Waals surface area contributed by atoms with Gasteiger partial charge in [-0.3, -0.25) is 19.3 Å². The van der Waals surface area contributed by atoms with Gasteiger partial charge in [0, 0.05) is 22.7 Å². The summed E-state index contributed by atoms with van der Waals surface area (Å²) in [6, 6.07) is 14.5. The number of thioether (sulfide) groups is 1. The molecule has 3 aromatic carbocycles. The Labute approximate surface area is 237 Å². The average molecular weight is 612 g/mol. The van der Waals surface area contributed by atoms with Gasteiger partial charge in [-0.05, 0) is 77.5 Å². The number of anilines is 1. The van der Waals surface area contributed by atoms with Crippen molar-refractivity contribution in [2.24, 2.45) is 0 Å². The molecule has 1 N–H and O–H groups in total. The zero-order chi connectivity index (χ0) is 27.6. The molecule has 1 fully saturated rings. The topological polar surface area (TPSA) is 110 Å². The van der Waals surface area contributed by atoms with E-state index < -0.39 is 21.3 Å². The van der Waals surface area contributed by atoms with Gasteiger partial charge in [-0.25, -0.2) is 0 Å². The van der Waals surface area contributed by atoms with Gasteiger partial charge in [-0.1, -0.05) is 46.9 Å². The van der Waals surface area contributed by atoms with Gasteiger partial charge in [0.1, 0.15) is 4.90 Å². The van der Waals surface area contributed by atoms with E-state index in [0.29, 0.717) is 26.9 Å². The first-order valence-electron chi connectivity index (χ1n) is 10.7. The number of nitrogens with zero attached hydrogens (tertiary/aromatic N) is 1. The Morgan fingerprint density at radius 1 is 1.00 bits per heavy atom. The normalized spacial score (nSPS) is 14.7. The van der Waals surface area contributed by atoms with Gasteiger partial charge in [0.25, 0.3) is 11.1 Å². The first-order chi connectivity index (χ1) is 17.9. The SMILES string of the molecule is CC(=O)Nc1ccc(S(=O)(=O)Oc2ccc(/C=C3\SC(=O)N(Cc4ccc(Cl)cc4Cl)C3=O)cc2Cl)cc1. The summed E-state index contributed by atoms with van der Waals surface area (Å²) in [7, 11) is -4.22. The van der Waals surface area contributed by atoms with E-state index >= 15 is 0 Å². The number of rotatable bonds is 7. The maximum atomic E-state index is 12.9. The summed E-state index contributed by atoms with van der Waals surface area (Å²) in [4.78, 5) is 37.6. The molecule has 1 aliphatic heterocycles. The molecule has 4 rings (SSSR count). The summed E-state index contributed by atoms with van der Waals surface area (Å²) in [6.45, 7) is 1.32. The third kappa shape index (κ3) is 6.51. The third-order valence-corrected chi connectivity index (χ3v) is 8.17. The number of hydrogen-bond donors (Lipinski definition) is 1. The number of imide groups is 1. The molecule has 0 spiro atoms. The molecule has 0 aliphatic carbocycles. The number of carbonyl (C=O) groups excluding carboxylic acids is 3. The molecule has 3 aromatic rings. The van der Waals surface area contributed by atoms with E-state index in [0.717, 1.165) is 16.7 Å². The summed E-state index contributed by atoms with van der Waals surface area (Å²) < 4.78 is 30.5. The van der Waals surface area contributed by atoms with Crippen molar-refractivity contribution in [1.82, 2.24) is 4.90 Å². The van der Waals surface area contributed by atoms with Crippen molar-refractivity contribution in [2.45, 2.75) is 18.4 Å². The van der Waals surface area contributed by atoms with Crippen LogP contribution in [0.4, 0.5) is 10.5 Å². The first kappa shape index (κ1) is 28.0. The smallest absolute Gasteiger partial charge is 0.339 e. The monoisotopic (exact) mass is 610 g/mol. The van der Waals surface area contributed by atoms with E-state index in [1.54, 1.807) is 12.1 Å². The van der Waals surface area contributed by atoms with Gasteiger partial charge in [0.2, 0.25) is 5.91 Å². The van der Waals surface area contributed by atoms with Crippen LogP contribution in [0.5, 0.6) is 5.75 Å². The van der Waals surface area contributed by atoms with Crippen molar-refractivity contribution in [1.29, 1.82) is 0 Å². The number of benzene rings is 3. The lowest BCUT2D eigenvalue weighted by atomic mass is 10.2. The lowest BCUT2D eigenvalue weighted by molar-refractivity contribution is -0.123. The van der Waals surface area contributed by atoms with Gasteiger partial charge < -0.3 is 9.50 Å². The Morgan fingerprint density at radius 2 is 1.71 bits per heavy atom. The van der Waals surface area contributed by atoms with Crippen LogP contribution in [0.25, 0.3) is 6.08 Å². The molecule has 0 radical (unpaired) electrons. The van der Waals surface area contributed by atoms with E-state index in [-0.39, 0.29) is 33.0 Å². The van der Waals surface area contributed by atoms with Crippen LogP contribution in [0.3, 0.4) is 0 Å². The summed E-state index contributed by atoms with van der Waals surface area (Å²) in [5.74, 6) is -0.924.